The van der Waals surface area contributed by atoms with E-state index in [2.05, 4.69) is 37.8 Å². The first-order valence-corrected chi connectivity index (χ1v) is 12.0. The standard InChI is InChI=1S/C23H24ClN3OS2/c1-5-6-11-27-21(28)20(22-26(4)18-13-16(24)8-10-19(18)29-22)30-23(27)25-17-9-7-14(2)12-15(17)3/h7-10,12-13H,5-6,11H2,1-4H3/b22-20-,25-23?. The van der Waals surface area contributed by atoms with Crippen molar-refractivity contribution in [2.24, 2.45) is 4.99 Å². The molecule has 1 fully saturated rings. The van der Waals surface area contributed by atoms with Gasteiger partial charge in [-0.25, -0.2) is 4.99 Å². The fourth-order valence-electron chi connectivity index (χ4n) is 3.48. The van der Waals surface area contributed by atoms with Crippen LogP contribution in [0.2, 0.25) is 5.02 Å². The van der Waals surface area contributed by atoms with Crippen LogP contribution in [0.4, 0.5) is 11.4 Å². The molecule has 4 rings (SSSR count). The SMILES string of the molecule is CCCCN1C(=O)/C(=C2/Sc3ccc(Cl)cc3N2C)SC1=Nc1ccc(C)cc1C. The van der Waals surface area contributed by atoms with E-state index >= 15 is 0 Å². The Morgan fingerprint density at radius 2 is 1.90 bits per heavy atom. The third-order valence-corrected chi connectivity index (χ3v) is 7.82. The van der Waals surface area contributed by atoms with Gasteiger partial charge in [0.2, 0.25) is 0 Å². The number of benzene rings is 2. The fraction of sp³-hybridized carbons (Fsp3) is 0.304. The summed E-state index contributed by atoms with van der Waals surface area (Å²) in [7, 11) is 1.99. The lowest BCUT2D eigenvalue weighted by molar-refractivity contribution is -0.122. The Kier molecular flexibility index (Phi) is 6.19. The van der Waals surface area contributed by atoms with Crippen LogP contribution in [0.25, 0.3) is 0 Å². The number of fused-ring (bicyclic) bond motifs is 1. The van der Waals surface area contributed by atoms with Crippen molar-refractivity contribution >= 4 is 57.6 Å². The molecule has 0 atom stereocenters. The number of nitrogens with zero attached hydrogens (tertiary/aromatic N) is 3. The number of amides is 1. The van der Waals surface area contributed by atoms with Crippen LogP contribution in [0.1, 0.15) is 30.9 Å². The molecule has 2 heterocycles. The highest BCUT2D eigenvalue weighted by atomic mass is 35.5. The van der Waals surface area contributed by atoms with E-state index in [0.717, 1.165) is 49.8 Å². The van der Waals surface area contributed by atoms with E-state index in [1.54, 1.807) is 11.8 Å². The minimum Gasteiger partial charge on any atom is -0.337 e. The lowest BCUT2D eigenvalue weighted by Gasteiger charge is -2.16. The monoisotopic (exact) mass is 457 g/mol. The number of rotatable bonds is 4. The summed E-state index contributed by atoms with van der Waals surface area (Å²) < 4.78 is 0. The van der Waals surface area contributed by atoms with Crippen molar-refractivity contribution in [3.05, 3.63) is 62.5 Å². The van der Waals surface area contributed by atoms with Crippen LogP contribution in [0.5, 0.6) is 0 Å². The zero-order valence-corrected chi connectivity index (χ0v) is 19.9. The van der Waals surface area contributed by atoms with Gasteiger partial charge in [0, 0.05) is 23.5 Å². The largest absolute Gasteiger partial charge is 0.337 e. The Hall–Kier alpha value is -1.89. The van der Waals surface area contributed by atoms with Crippen LogP contribution in [0.15, 0.2) is 56.2 Å². The molecule has 2 aromatic carbocycles. The van der Waals surface area contributed by atoms with Gasteiger partial charge in [0.25, 0.3) is 5.91 Å². The predicted octanol–water partition coefficient (Wildman–Crippen LogP) is 6.73. The summed E-state index contributed by atoms with van der Waals surface area (Å²) >= 11 is 9.28. The van der Waals surface area contributed by atoms with Crippen molar-refractivity contribution in [1.29, 1.82) is 0 Å². The Balaban J connectivity index is 1.74. The van der Waals surface area contributed by atoms with Gasteiger partial charge < -0.3 is 4.90 Å². The van der Waals surface area contributed by atoms with Crippen LogP contribution in [-0.4, -0.2) is 29.6 Å². The number of hydrogen-bond donors (Lipinski definition) is 0. The van der Waals surface area contributed by atoms with Crippen LogP contribution < -0.4 is 4.90 Å². The molecule has 0 N–H and O–H groups in total. The molecular formula is C23H24ClN3OS2. The summed E-state index contributed by atoms with van der Waals surface area (Å²) in [5, 5.41) is 2.39. The van der Waals surface area contributed by atoms with Crippen molar-refractivity contribution in [3.8, 4) is 0 Å². The molecule has 156 valence electrons. The van der Waals surface area contributed by atoms with Crippen LogP contribution in [0, 0.1) is 13.8 Å². The molecule has 4 nitrogen and oxygen atoms in total. The van der Waals surface area contributed by atoms with Crippen molar-refractivity contribution < 1.29 is 4.79 Å². The van der Waals surface area contributed by atoms with Crippen molar-refractivity contribution in [2.45, 2.75) is 38.5 Å². The van der Waals surface area contributed by atoms with Crippen molar-refractivity contribution in [3.63, 3.8) is 0 Å². The Morgan fingerprint density at radius 1 is 1.10 bits per heavy atom. The second-order valence-electron chi connectivity index (χ2n) is 7.50. The normalized spacial score (nSPS) is 19.9. The topological polar surface area (TPSA) is 35.9 Å². The molecule has 0 spiro atoms. The molecule has 0 aromatic heterocycles. The molecule has 30 heavy (non-hydrogen) atoms. The number of carbonyl (C=O) groups excluding carboxylic acids is 1. The molecule has 1 amide bonds. The van der Waals surface area contributed by atoms with E-state index < -0.39 is 0 Å². The van der Waals surface area contributed by atoms with Gasteiger partial charge in [0.15, 0.2) is 5.17 Å². The first kappa shape index (κ1) is 21.3. The summed E-state index contributed by atoms with van der Waals surface area (Å²) in [6, 6.07) is 12.1. The molecule has 2 aliphatic heterocycles. The number of halogens is 1. The van der Waals surface area contributed by atoms with Gasteiger partial charge in [-0.15, -0.1) is 0 Å². The number of unbranched alkanes of at least 4 members (excludes halogenated alkanes) is 1. The van der Waals surface area contributed by atoms with E-state index in [-0.39, 0.29) is 5.91 Å². The van der Waals surface area contributed by atoms with E-state index in [1.807, 2.05) is 36.2 Å². The van der Waals surface area contributed by atoms with Gasteiger partial charge in [0.05, 0.1) is 16.4 Å². The Bertz CT molecular complexity index is 1080. The van der Waals surface area contributed by atoms with Gasteiger partial charge >= 0.3 is 0 Å². The summed E-state index contributed by atoms with van der Waals surface area (Å²) in [5.74, 6) is 0.0326. The molecule has 0 unspecified atom stereocenters. The number of thioether (sulfide) groups is 2. The maximum absolute atomic E-state index is 13.4. The maximum Gasteiger partial charge on any atom is 0.269 e. The zero-order chi connectivity index (χ0) is 21.4. The highest BCUT2D eigenvalue weighted by molar-refractivity contribution is 8.19. The molecule has 0 radical (unpaired) electrons. The number of aliphatic imine (C=N–C) groups is 1. The average Bonchev–Trinajstić information content (AvgIpc) is 3.19. The molecule has 2 aromatic rings. The molecule has 2 aliphatic rings. The fourth-order valence-corrected chi connectivity index (χ4v) is 5.99. The molecule has 0 aliphatic carbocycles. The number of carbonyl (C=O) groups is 1. The summed E-state index contributed by atoms with van der Waals surface area (Å²) in [5.41, 5.74) is 4.26. The average molecular weight is 458 g/mol. The Labute approximate surface area is 191 Å². The minimum atomic E-state index is 0.0326. The quantitative estimate of drug-likeness (QED) is 0.477. The first-order valence-electron chi connectivity index (χ1n) is 10.00. The van der Waals surface area contributed by atoms with Crippen LogP contribution in [-0.2, 0) is 4.79 Å². The maximum atomic E-state index is 13.4. The van der Waals surface area contributed by atoms with Gasteiger partial charge in [0.1, 0.15) is 4.91 Å². The highest BCUT2D eigenvalue weighted by Gasteiger charge is 2.39. The summed E-state index contributed by atoms with van der Waals surface area (Å²) in [6.07, 6.45) is 1.97. The van der Waals surface area contributed by atoms with Crippen LogP contribution in [0.3, 0.4) is 0 Å². The number of aryl methyl sites for hydroxylation is 2. The number of amidine groups is 1. The molecule has 1 saturated heterocycles. The molecular weight excluding hydrogens is 434 g/mol. The molecule has 0 saturated carbocycles. The second kappa shape index (κ2) is 8.69. The number of anilines is 1. The van der Waals surface area contributed by atoms with Crippen molar-refractivity contribution in [2.75, 3.05) is 18.5 Å². The van der Waals surface area contributed by atoms with E-state index in [4.69, 9.17) is 16.6 Å². The second-order valence-corrected chi connectivity index (χ2v) is 9.95. The predicted molar refractivity (Wildman–Crippen MR) is 130 cm³/mol. The highest BCUT2D eigenvalue weighted by Crippen LogP contribution is 2.50. The van der Waals surface area contributed by atoms with Gasteiger partial charge in [-0.3, -0.25) is 9.69 Å². The van der Waals surface area contributed by atoms with Gasteiger partial charge in [-0.2, -0.15) is 0 Å². The molecule has 7 heteroatoms. The third kappa shape index (κ3) is 4.01. The summed E-state index contributed by atoms with van der Waals surface area (Å²) in [4.78, 5) is 24.0. The van der Waals surface area contributed by atoms with Crippen LogP contribution >= 0.6 is 35.1 Å². The summed E-state index contributed by atoms with van der Waals surface area (Å²) in [6.45, 7) is 6.94. The van der Waals surface area contributed by atoms with Crippen molar-refractivity contribution in [1.82, 2.24) is 4.90 Å². The number of hydrogen-bond acceptors (Lipinski definition) is 5. The first-order chi connectivity index (χ1) is 14.4. The van der Waals surface area contributed by atoms with Gasteiger partial charge in [-0.05, 0) is 61.9 Å². The Morgan fingerprint density at radius 3 is 2.63 bits per heavy atom. The molecule has 0 bridgehead atoms. The third-order valence-electron chi connectivity index (χ3n) is 5.16. The van der Waals surface area contributed by atoms with E-state index in [0.29, 0.717) is 11.6 Å². The van der Waals surface area contributed by atoms with Gasteiger partial charge in [-0.1, -0.05) is 54.4 Å². The van der Waals surface area contributed by atoms with E-state index in [1.165, 1.54) is 17.3 Å². The van der Waals surface area contributed by atoms with E-state index in [9.17, 15) is 4.79 Å². The smallest absolute Gasteiger partial charge is 0.269 e. The zero-order valence-electron chi connectivity index (χ0n) is 17.5. The minimum absolute atomic E-state index is 0.0326. The lowest BCUT2D eigenvalue weighted by Crippen LogP contribution is -2.30. The lowest BCUT2D eigenvalue weighted by atomic mass is 10.1.